The first kappa shape index (κ1) is 36.7. The van der Waals surface area contributed by atoms with Gasteiger partial charge in [0.05, 0.1) is 37.6 Å². The molecule has 49 heavy (non-hydrogen) atoms. The fraction of sp³-hybridized carbons (Fsp3) is 0.409. The molecule has 0 aromatic heterocycles. The van der Waals surface area contributed by atoms with Crippen molar-refractivity contribution in [2.75, 3.05) is 13.2 Å². The van der Waals surface area contributed by atoms with Crippen LogP contribution < -0.4 is 0 Å². The number of aryl methyl sites for hydroxylation is 2. The number of hydrogen-bond donors (Lipinski definition) is 1. The highest BCUT2D eigenvalue weighted by atomic mass is 16.6. The number of ether oxygens (including phenoxy) is 4. The molecule has 5 rings (SSSR count). The molecule has 0 bridgehead atoms. The summed E-state index contributed by atoms with van der Waals surface area (Å²) < 4.78 is 25.9. The van der Waals surface area contributed by atoms with Gasteiger partial charge in [0.2, 0.25) is 0 Å². The van der Waals surface area contributed by atoms with Crippen LogP contribution in [0.15, 0.2) is 116 Å². The van der Waals surface area contributed by atoms with Crippen molar-refractivity contribution in [3.8, 4) is 0 Å². The van der Waals surface area contributed by atoms with Gasteiger partial charge in [-0.25, -0.2) is 0 Å². The summed E-state index contributed by atoms with van der Waals surface area (Å²) in [5, 5.41) is 11.4. The minimum atomic E-state index is -1.08. The highest BCUT2D eigenvalue weighted by molar-refractivity contribution is 5.38. The Morgan fingerprint density at radius 3 is 2.00 bits per heavy atom. The van der Waals surface area contributed by atoms with E-state index in [9.17, 15) is 5.11 Å². The lowest BCUT2D eigenvalue weighted by Gasteiger charge is -2.49. The van der Waals surface area contributed by atoms with Crippen molar-refractivity contribution in [1.82, 2.24) is 0 Å². The second-order valence-electron chi connectivity index (χ2n) is 14.0. The van der Waals surface area contributed by atoms with Crippen molar-refractivity contribution in [2.45, 2.75) is 96.6 Å². The van der Waals surface area contributed by atoms with Crippen LogP contribution in [0.4, 0.5) is 0 Å². The molecule has 4 aromatic carbocycles. The van der Waals surface area contributed by atoms with Gasteiger partial charge in [-0.3, -0.25) is 0 Å². The first-order valence-corrected chi connectivity index (χ1v) is 17.8. The third-order valence-corrected chi connectivity index (χ3v) is 9.54. The van der Waals surface area contributed by atoms with E-state index in [2.05, 4.69) is 87.2 Å². The standard InChI is InChI=1S/C44H54O5/c1-6-26-46-27-14-13-15-34-21-23-35(24-22-34)28-39-29-38(25-20-32(39)2)41-42(48-31-37-18-11-8-12-19-37)40(33(3)43(49-41)44(4,5)45)47-30-36-16-9-7-10-17-36/h6-12,16-25,29,33,40-43,45H,1,13-15,26-28,30-31H2,2-5H3/t33-,40-,41-,42+,43-/m0/s1. The Bertz CT molecular complexity index is 1560. The van der Waals surface area contributed by atoms with Gasteiger partial charge >= 0.3 is 0 Å². The number of benzene rings is 4. The van der Waals surface area contributed by atoms with Crippen LogP contribution in [-0.4, -0.2) is 42.2 Å². The Morgan fingerprint density at radius 1 is 0.776 bits per heavy atom. The smallest absolute Gasteiger partial charge is 0.115 e. The van der Waals surface area contributed by atoms with E-state index in [0.29, 0.717) is 19.8 Å². The summed E-state index contributed by atoms with van der Waals surface area (Å²) in [5.41, 5.74) is 7.24. The van der Waals surface area contributed by atoms with E-state index in [1.165, 1.54) is 22.3 Å². The predicted molar refractivity (Wildman–Crippen MR) is 197 cm³/mol. The molecule has 260 valence electrons. The van der Waals surface area contributed by atoms with E-state index in [1.807, 2.05) is 50.2 Å². The molecule has 1 fully saturated rings. The van der Waals surface area contributed by atoms with Crippen molar-refractivity contribution < 1.29 is 24.1 Å². The molecule has 4 aromatic rings. The number of aliphatic hydroxyl groups is 1. The van der Waals surface area contributed by atoms with Crippen LogP contribution in [-0.2, 0) is 45.0 Å². The molecule has 1 heterocycles. The van der Waals surface area contributed by atoms with Gasteiger partial charge in [0, 0.05) is 12.5 Å². The Balaban J connectivity index is 1.39. The summed E-state index contributed by atoms with van der Waals surface area (Å²) >= 11 is 0. The van der Waals surface area contributed by atoms with E-state index in [1.54, 1.807) is 6.08 Å². The number of hydrogen-bond acceptors (Lipinski definition) is 5. The van der Waals surface area contributed by atoms with Gasteiger partial charge in [-0.15, -0.1) is 6.58 Å². The van der Waals surface area contributed by atoms with Gasteiger partial charge in [0.15, 0.2) is 0 Å². The number of unbranched alkanes of at least 4 members (excludes halogenated alkanes) is 1. The lowest BCUT2D eigenvalue weighted by atomic mass is 9.79. The molecule has 1 saturated heterocycles. The largest absolute Gasteiger partial charge is 0.388 e. The molecule has 0 unspecified atom stereocenters. The molecule has 5 heteroatoms. The van der Waals surface area contributed by atoms with E-state index < -0.39 is 23.9 Å². The molecule has 0 spiro atoms. The molecule has 1 N–H and O–H groups in total. The second-order valence-corrected chi connectivity index (χ2v) is 14.0. The molecule has 0 aliphatic carbocycles. The van der Waals surface area contributed by atoms with E-state index in [4.69, 9.17) is 18.9 Å². The van der Waals surface area contributed by atoms with Crippen LogP contribution in [0.2, 0.25) is 0 Å². The average molecular weight is 663 g/mol. The topological polar surface area (TPSA) is 57.2 Å². The zero-order valence-electron chi connectivity index (χ0n) is 29.7. The van der Waals surface area contributed by atoms with Gasteiger partial charge in [-0.2, -0.15) is 0 Å². The van der Waals surface area contributed by atoms with Gasteiger partial charge in [-0.1, -0.05) is 116 Å². The van der Waals surface area contributed by atoms with Crippen LogP contribution in [0.5, 0.6) is 0 Å². The van der Waals surface area contributed by atoms with Crippen LogP contribution in [0.1, 0.15) is 78.7 Å². The minimum Gasteiger partial charge on any atom is -0.388 e. The van der Waals surface area contributed by atoms with Gasteiger partial charge in [0.25, 0.3) is 0 Å². The quantitative estimate of drug-likeness (QED) is 0.0903. The highest BCUT2D eigenvalue weighted by Crippen LogP contribution is 2.43. The molecule has 0 amide bonds. The summed E-state index contributed by atoms with van der Waals surface area (Å²) in [5.74, 6) is -0.121. The summed E-state index contributed by atoms with van der Waals surface area (Å²) in [7, 11) is 0. The van der Waals surface area contributed by atoms with Crippen molar-refractivity contribution >= 4 is 0 Å². The average Bonchev–Trinajstić information content (AvgIpc) is 3.10. The Labute approximate surface area is 293 Å². The lowest BCUT2D eigenvalue weighted by molar-refractivity contribution is -0.264. The van der Waals surface area contributed by atoms with Crippen LogP contribution >= 0.6 is 0 Å². The maximum Gasteiger partial charge on any atom is 0.115 e. The lowest BCUT2D eigenvalue weighted by Crippen LogP contribution is -2.57. The van der Waals surface area contributed by atoms with Crippen molar-refractivity contribution in [1.29, 1.82) is 0 Å². The van der Waals surface area contributed by atoms with Crippen molar-refractivity contribution in [3.05, 3.63) is 155 Å². The monoisotopic (exact) mass is 662 g/mol. The van der Waals surface area contributed by atoms with Gasteiger partial charge in [0.1, 0.15) is 12.2 Å². The van der Waals surface area contributed by atoms with Crippen LogP contribution in [0.3, 0.4) is 0 Å². The second kappa shape index (κ2) is 17.9. The normalized spacial score (nSPS) is 21.0. The molecular weight excluding hydrogens is 608 g/mol. The summed E-state index contributed by atoms with van der Waals surface area (Å²) in [6, 6.07) is 36.1. The summed E-state index contributed by atoms with van der Waals surface area (Å²) in [6.07, 6.45) is 4.20. The Morgan fingerprint density at radius 2 is 1.39 bits per heavy atom. The maximum atomic E-state index is 11.4. The molecular formula is C44H54O5. The van der Waals surface area contributed by atoms with Gasteiger partial charge in [-0.05, 0) is 85.4 Å². The van der Waals surface area contributed by atoms with Crippen molar-refractivity contribution in [2.24, 2.45) is 5.92 Å². The first-order valence-electron chi connectivity index (χ1n) is 17.8. The predicted octanol–water partition coefficient (Wildman–Crippen LogP) is 9.13. The Kier molecular flexibility index (Phi) is 13.4. The minimum absolute atomic E-state index is 0.121. The fourth-order valence-electron chi connectivity index (χ4n) is 6.85. The molecule has 1 aliphatic rings. The van der Waals surface area contributed by atoms with E-state index in [-0.39, 0.29) is 12.0 Å². The molecule has 0 saturated carbocycles. The third kappa shape index (κ3) is 10.5. The van der Waals surface area contributed by atoms with E-state index >= 15 is 0 Å². The third-order valence-electron chi connectivity index (χ3n) is 9.54. The molecule has 5 nitrogen and oxygen atoms in total. The highest BCUT2D eigenvalue weighted by Gasteiger charge is 2.50. The van der Waals surface area contributed by atoms with Crippen LogP contribution in [0, 0.1) is 12.8 Å². The zero-order chi connectivity index (χ0) is 34.6. The number of rotatable bonds is 17. The molecule has 0 radical (unpaired) electrons. The van der Waals surface area contributed by atoms with Gasteiger partial charge < -0.3 is 24.1 Å². The maximum absolute atomic E-state index is 11.4. The summed E-state index contributed by atoms with van der Waals surface area (Å²) in [4.78, 5) is 0. The molecule has 5 atom stereocenters. The van der Waals surface area contributed by atoms with E-state index in [0.717, 1.165) is 49.0 Å². The zero-order valence-corrected chi connectivity index (χ0v) is 29.7. The molecule has 1 aliphatic heterocycles. The SMILES string of the molecule is C=CCOCCCCc1ccc(Cc2cc([C@@H]3O[C@H](C(C)(C)O)[C@@H](C)[C@H](OCc4ccccc4)[C@H]3OCc3ccccc3)ccc2C)cc1. The van der Waals surface area contributed by atoms with Crippen molar-refractivity contribution in [3.63, 3.8) is 0 Å². The van der Waals surface area contributed by atoms with Crippen LogP contribution in [0.25, 0.3) is 0 Å². The summed E-state index contributed by atoms with van der Waals surface area (Å²) in [6.45, 7) is 13.9. The first-order chi connectivity index (χ1) is 23.7. The Hall–Kier alpha value is -3.58. The fourth-order valence-corrected chi connectivity index (χ4v) is 6.85.